The molecule has 5 rings (SSSR count). The van der Waals surface area contributed by atoms with E-state index in [1.807, 2.05) is 31.2 Å². The zero-order valence-electron chi connectivity index (χ0n) is 14.4. The third-order valence-electron chi connectivity index (χ3n) is 4.65. The standard InChI is InChI=1S/C18H12BrCl2N5OS/c1-7-6-22-13-12-8-2-5-11(26-16(21)15(20)25-18(26)19)24-9(8)3-4-10(12)28-14(13)17(27)23-7/h2-5,7,22H,6H2,1H3,(H,23,27)/t7-/m1/s1. The number of aromatic nitrogens is 3. The zero-order chi connectivity index (χ0) is 19.6. The zero-order valence-corrected chi connectivity index (χ0v) is 18.3. The lowest BCUT2D eigenvalue weighted by molar-refractivity contribution is 0.0949. The van der Waals surface area contributed by atoms with Crippen molar-refractivity contribution < 1.29 is 4.79 Å². The quantitative estimate of drug-likeness (QED) is 0.377. The van der Waals surface area contributed by atoms with E-state index in [1.54, 1.807) is 4.57 Å². The second-order valence-corrected chi connectivity index (χ2v) is 9.01. The van der Waals surface area contributed by atoms with Crippen LogP contribution >= 0.6 is 50.5 Å². The lowest BCUT2D eigenvalue weighted by atomic mass is 10.1. The van der Waals surface area contributed by atoms with Crippen LogP contribution in [0.3, 0.4) is 0 Å². The van der Waals surface area contributed by atoms with Gasteiger partial charge in [0.25, 0.3) is 5.91 Å². The third-order valence-corrected chi connectivity index (χ3v) is 7.04. The van der Waals surface area contributed by atoms with E-state index in [-0.39, 0.29) is 22.3 Å². The van der Waals surface area contributed by atoms with Crippen molar-refractivity contribution in [1.29, 1.82) is 0 Å². The van der Waals surface area contributed by atoms with Crippen molar-refractivity contribution in [1.82, 2.24) is 19.9 Å². The average Bonchev–Trinajstić information content (AvgIpc) is 3.11. The second kappa shape index (κ2) is 6.59. The Morgan fingerprint density at radius 3 is 2.82 bits per heavy atom. The molecule has 0 bridgehead atoms. The van der Waals surface area contributed by atoms with Crippen LogP contribution in [0.25, 0.3) is 26.8 Å². The molecule has 10 heteroatoms. The van der Waals surface area contributed by atoms with Crippen LogP contribution in [0.5, 0.6) is 0 Å². The molecule has 1 amide bonds. The van der Waals surface area contributed by atoms with E-state index in [0.717, 1.165) is 26.7 Å². The van der Waals surface area contributed by atoms with Crippen LogP contribution in [0.15, 0.2) is 29.0 Å². The van der Waals surface area contributed by atoms with Gasteiger partial charge in [0.15, 0.2) is 15.0 Å². The number of imidazole rings is 1. The molecule has 4 aromatic rings. The Morgan fingerprint density at radius 1 is 1.25 bits per heavy atom. The van der Waals surface area contributed by atoms with Gasteiger partial charge in [0.05, 0.1) is 11.2 Å². The number of pyridine rings is 1. The molecular weight excluding hydrogens is 485 g/mol. The summed E-state index contributed by atoms with van der Waals surface area (Å²) in [7, 11) is 0. The van der Waals surface area contributed by atoms with Gasteiger partial charge < -0.3 is 10.6 Å². The maximum atomic E-state index is 12.5. The summed E-state index contributed by atoms with van der Waals surface area (Å²) < 4.78 is 3.15. The first-order valence-electron chi connectivity index (χ1n) is 8.44. The van der Waals surface area contributed by atoms with Crippen molar-refractivity contribution in [2.75, 3.05) is 11.9 Å². The van der Waals surface area contributed by atoms with Gasteiger partial charge in [0.1, 0.15) is 10.7 Å². The molecule has 0 fully saturated rings. The fourth-order valence-corrected chi connectivity index (χ4v) is 5.60. The Labute approximate surface area is 182 Å². The van der Waals surface area contributed by atoms with E-state index < -0.39 is 0 Å². The number of nitrogens with zero attached hydrogens (tertiary/aromatic N) is 3. The fourth-order valence-electron chi connectivity index (χ4n) is 3.38. The number of nitrogens with one attached hydrogen (secondary N) is 2. The molecule has 1 aliphatic rings. The number of amides is 1. The first-order chi connectivity index (χ1) is 13.4. The first-order valence-corrected chi connectivity index (χ1v) is 10.8. The summed E-state index contributed by atoms with van der Waals surface area (Å²) in [6.07, 6.45) is 0. The van der Waals surface area contributed by atoms with Gasteiger partial charge in [-0.15, -0.1) is 11.3 Å². The van der Waals surface area contributed by atoms with Crippen LogP contribution in [0.2, 0.25) is 10.3 Å². The molecule has 4 heterocycles. The lowest BCUT2D eigenvalue weighted by Crippen LogP contribution is -2.34. The van der Waals surface area contributed by atoms with Gasteiger partial charge in [0, 0.05) is 28.1 Å². The molecule has 3 aromatic heterocycles. The van der Waals surface area contributed by atoms with E-state index in [4.69, 9.17) is 28.2 Å². The van der Waals surface area contributed by atoms with Crippen LogP contribution in [0.4, 0.5) is 5.69 Å². The molecule has 1 atom stereocenters. The first kappa shape index (κ1) is 18.2. The fraction of sp³-hybridized carbons (Fsp3) is 0.167. The molecule has 0 radical (unpaired) electrons. The van der Waals surface area contributed by atoms with E-state index in [9.17, 15) is 4.79 Å². The Morgan fingerprint density at radius 2 is 2.07 bits per heavy atom. The molecule has 6 nitrogen and oxygen atoms in total. The van der Waals surface area contributed by atoms with Crippen LogP contribution in [-0.2, 0) is 0 Å². The Kier molecular flexibility index (Phi) is 4.28. The number of thiophene rings is 1. The number of fused-ring (bicyclic) bond motifs is 5. The molecule has 1 aromatic carbocycles. The van der Waals surface area contributed by atoms with Gasteiger partial charge >= 0.3 is 0 Å². The minimum Gasteiger partial charge on any atom is -0.381 e. The van der Waals surface area contributed by atoms with Crippen LogP contribution < -0.4 is 10.6 Å². The van der Waals surface area contributed by atoms with E-state index in [1.165, 1.54) is 11.3 Å². The highest BCUT2D eigenvalue weighted by atomic mass is 79.9. The molecule has 2 N–H and O–H groups in total. The van der Waals surface area contributed by atoms with Gasteiger partial charge in [-0.1, -0.05) is 23.2 Å². The van der Waals surface area contributed by atoms with Crippen molar-refractivity contribution in [3.05, 3.63) is 44.2 Å². The Balaban J connectivity index is 1.74. The summed E-state index contributed by atoms with van der Waals surface area (Å²) in [4.78, 5) is 22.1. The molecule has 0 unspecified atom stereocenters. The number of hydrogen-bond acceptors (Lipinski definition) is 5. The minimum absolute atomic E-state index is 0.0461. The number of halogens is 3. The monoisotopic (exact) mass is 495 g/mol. The third kappa shape index (κ3) is 2.70. The second-order valence-electron chi connectivity index (χ2n) is 6.53. The molecule has 0 spiro atoms. The van der Waals surface area contributed by atoms with Gasteiger partial charge in [-0.2, -0.15) is 0 Å². The van der Waals surface area contributed by atoms with E-state index in [0.29, 0.717) is 22.0 Å². The topological polar surface area (TPSA) is 71.8 Å². The summed E-state index contributed by atoms with van der Waals surface area (Å²) in [6.45, 7) is 2.65. The van der Waals surface area contributed by atoms with Gasteiger partial charge in [-0.3, -0.25) is 9.36 Å². The summed E-state index contributed by atoms with van der Waals surface area (Å²) in [5.41, 5.74) is 1.66. The number of rotatable bonds is 1. The summed E-state index contributed by atoms with van der Waals surface area (Å²) in [6, 6.07) is 7.84. The van der Waals surface area contributed by atoms with Crippen LogP contribution in [0, 0.1) is 0 Å². The van der Waals surface area contributed by atoms with Crippen LogP contribution in [-0.4, -0.2) is 33.0 Å². The van der Waals surface area contributed by atoms with Gasteiger partial charge in [0.2, 0.25) is 0 Å². The van der Waals surface area contributed by atoms with Gasteiger partial charge in [-0.05, 0) is 47.1 Å². The maximum absolute atomic E-state index is 12.5. The highest BCUT2D eigenvalue weighted by Gasteiger charge is 2.25. The predicted molar refractivity (Wildman–Crippen MR) is 117 cm³/mol. The Bertz CT molecular complexity index is 1280. The van der Waals surface area contributed by atoms with Crippen molar-refractivity contribution in [3.63, 3.8) is 0 Å². The smallest absolute Gasteiger partial charge is 0.263 e. The van der Waals surface area contributed by atoms with Crippen molar-refractivity contribution in [3.8, 4) is 5.82 Å². The molecular formula is C18H12BrCl2N5OS. The van der Waals surface area contributed by atoms with Crippen molar-refractivity contribution >= 4 is 83.1 Å². The lowest BCUT2D eigenvalue weighted by Gasteiger charge is -2.10. The highest BCUT2D eigenvalue weighted by molar-refractivity contribution is 9.10. The van der Waals surface area contributed by atoms with Crippen molar-refractivity contribution in [2.45, 2.75) is 13.0 Å². The predicted octanol–water partition coefficient (Wildman–Crippen LogP) is 5.25. The summed E-state index contributed by atoms with van der Waals surface area (Å²) in [5.74, 6) is 0.555. The van der Waals surface area contributed by atoms with E-state index >= 15 is 0 Å². The number of carbonyl (C=O) groups excluding carboxylic acids is 1. The molecule has 0 saturated carbocycles. The Hall–Kier alpha value is -1.87. The minimum atomic E-state index is -0.0461. The number of hydrogen-bond donors (Lipinski definition) is 2. The molecule has 142 valence electrons. The van der Waals surface area contributed by atoms with Crippen molar-refractivity contribution in [2.24, 2.45) is 0 Å². The number of benzene rings is 1. The SMILES string of the molecule is C[C@@H]1CNc2c(sc3ccc4nc(-n5c(Br)nc(Cl)c5Cl)ccc4c23)C(=O)N1. The highest BCUT2D eigenvalue weighted by Crippen LogP contribution is 2.41. The molecule has 1 aliphatic heterocycles. The van der Waals surface area contributed by atoms with Gasteiger partial charge in [-0.25, -0.2) is 9.97 Å². The number of anilines is 1. The average molecular weight is 497 g/mol. The maximum Gasteiger partial charge on any atom is 0.263 e. The van der Waals surface area contributed by atoms with E-state index in [2.05, 4.69) is 31.5 Å². The number of carbonyl (C=O) groups is 1. The summed E-state index contributed by atoms with van der Waals surface area (Å²) >= 11 is 17.1. The largest absolute Gasteiger partial charge is 0.381 e. The summed E-state index contributed by atoms with van der Waals surface area (Å²) in [5, 5.41) is 8.90. The molecule has 28 heavy (non-hydrogen) atoms. The van der Waals surface area contributed by atoms with Crippen LogP contribution in [0.1, 0.15) is 16.6 Å². The normalized spacial score (nSPS) is 16.7. The molecule has 0 aliphatic carbocycles. The molecule has 0 saturated heterocycles.